The molecule has 0 bridgehead atoms. The molecule has 1 rings (SSSR count). The third-order valence-corrected chi connectivity index (χ3v) is 2.19. The average Bonchev–Trinajstić information content (AvgIpc) is 2.05. The van der Waals surface area contributed by atoms with Crippen LogP contribution in [0, 0.1) is 0 Å². The summed E-state index contributed by atoms with van der Waals surface area (Å²) < 4.78 is 0.924. The fraction of sp³-hybridized carbons (Fsp3) is 0.222. The van der Waals surface area contributed by atoms with Crippen molar-refractivity contribution in [1.29, 1.82) is 0 Å². The van der Waals surface area contributed by atoms with Crippen molar-refractivity contribution >= 4 is 22.2 Å². The number of halogens is 1. The van der Waals surface area contributed by atoms with Crippen molar-refractivity contribution in [3.63, 3.8) is 0 Å². The summed E-state index contributed by atoms with van der Waals surface area (Å²) in [5.74, 6) is 0. The number of carbonyl (C=O) groups excluding carboxylic acids is 1. The summed E-state index contributed by atoms with van der Waals surface area (Å²) in [6.07, 6.45) is 0.524. The summed E-state index contributed by atoms with van der Waals surface area (Å²) in [5.41, 5.74) is -0.776. The van der Waals surface area contributed by atoms with Gasteiger partial charge in [-0.3, -0.25) is 4.79 Å². The van der Waals surface area contributed by atoms with Crippen LogP contribution < -0.4 is 0 Å². The number of benzene rings is 1. The van der Waals surface area contributed by atoms with Crippen LogP contribution in [0.4, 0.5) is 0 Å². The summed E-state index contributed by atoms with van der Waals surface area (Å²) in [5, 5.41) is 9.50. The Labute approximate surface area is 79.3 Å². The Morgan fingerprint density at radius 1 is 1.42 bits per heavy atom. The van der Waals surface area contributed by atoms with Crippen LogP contribution in [0.15, 0.2) is 28.7 Å². The summed E-state index contributed by atoms with van der Waals surface area (Å²) in [6.45, 7) is 1.46. The number of hydrogen-bond donors (Lipinski definition) is 1. The zero-order chi connectivity index (χ0) is 9.19. The van der Waals surface area contributed by atoms with Gasteiger partial charge in [0.15, 0.2) is 6.29 Å². The van der Waals surface area contributed by atoms with Crippen LogP contribution in [0.2, 0.25) is 0 Å². The first-order chi connectivity index (χ1) is 5.56. The van der Waals surface area contributed by atoms with E-state index in [0.717, 1.165) is 4.47 Å². The predicted molar refractivity (Wildman–Crippen MR) is 49.8 cm³/mol. The highest BCUT2D eigenvalue weighted by atomic mass is 79.9. The molecule has 12 heavy (non-hydrogen) atoms. The van der Waals surface area contributed by atoms with Gasteiger partial charge in [-0.2, -0.15) is 0 Å². The smallest absolute Gasteiger partial charge is 0.155 e. The quantitative estimate of drug-likeness (QED) is 0.786. The third-order valence-electron chi connectivity index (χ3n) is 1.66. The average molecular weight is 229 g/mol. The molecule has 0 radical (unpaired) electrons. The van der Waals surface area contributed by atoms with Crippen molar-refractivity contribution < 1.29 is 9.90 Å². The van der Waals surface area contributed by atoms with E-state index in [1.165, 1.54) is 6.92 Å². The lowest BCUT2D eigenvalue weighted by Gasteiger charge is -2.15. The fourth-order valence-electron chi connectivity index (χ4n) is 0.855. The molecule has 0 aliphatic carbocycles. The molecule has 0 amide bonds. The zero-order valence-electron chi connectivity index (χ0n) is 6.62. The van der Waals surface area contributed by atoms with Gasteiger partial charge in [0.05, 0.1) is 0 Å². The highest BCUT2D eigenvalue weighted by Gasteiger charge is 2.21. The number of carbonyl (C=O) groups is 1. The van der Waals surface area contributed by atoms with Gasteiger partial charge >= 0.3 is 0 Å². The molecule has 1 aromatic carbocycles. The Morgan fingerprint density at radius 2 is 1.92 bits per heavy atom. The third kappa shape index (κ3) is 1.93. The normalized spacial score (nSPS) is 15.2. The number of aldehydes is 1. The molecule has 0 spiro atoms. The summed E-state index contributed by atoms with van der Waals surface area (Å²) in [7, 11) is 0. The highest BCUT2D eigenvalue weighted by molar-refractivity contribution is 9.10. The van der Waals surface area contributed by atoms with Crippen molar-refractivity contribution in [2.75, 3.05) is 0 Å². The van der Waals surface area contributed by atoms with Gasteiger partial charge in [-0.25, -0.2) is 0 Å². The van der Waals surface area contributed by atoms with Gasteiger partial charge in [-0.1, -0.05) is 28.1 Å². The van der Waals surface area contributed by atoms with Gasteiger partial charge < -0.3 is 5.11 Å². The molecule has 0 heterocycles. The summed E-state index contributed by atoms with van der Waals surface area (Å²) in [6, 6.07) is 6.98. The molecule has 0 saturated carbocycles. The molecule has 64 valence electrons. The van der Waals surface area contributed by atoms with Gasteiger partial charge in [0, 0.05) is 4.47 Å². The highest BCUT2D eigenvalue weighted by Crippen LogP contribution is 2.20. The Kier molecular flexibility index (Phi) is 2.65. The lowest BCUT2D eigenvalue weighted by atomic mass is 9.98. The van der Waals surface area contributed by atoms with E-state index in [1.807, 2.05) is 0 Å². The fourth-order valence-corrected chi connectivity index (χ4v) is 1.12. The minimum Gasteiger partial charge on any atom is -0.378 e. The van der Waals surface area contributed by atoms with Gasteiger partial charge in [0.25, 0.3) is 0 Å². The van der Waals surface area contributed by atoms with Gasteiger partial charge in [0.1, 0.15) is 5.60 Å². The maximum Gasteiger partial charge on any atom is 0.155 e. The molecule has 0 aliphatic heterocycles. The lowest BCUT2D eigenvalue weighted by Crippen LogP contribution is -2.22. The van der Waals surface area contributed by atoms with Crippen LogP contribution in [0.1, 0.15) is 12.5 Å². The molecule has 0 aliphatic rings. The molecule has 0 fully saturated rings. The minimum atomic E-state index is -1.37. The molecular weight excluding hydrogens is 220 g/mol. The van der Waals surface area contributed by atoms with Crippen LogP contribution in [-0.4, -0.2) is 11.4 Å². The van der Waals surface area contributed by atoms with E-state index >= 15 is 0 Å². The van der Waals surface area contributed by atoms with Crippen molar-refractivity contribution in [3.8, 4) is 0 Å². The number of aliphatic hydroxyl groups is 1. The molecule has 2 nitrogen and oxygen atoms in total. The first-order valence-corrected chi connectivity index (χ1v) is 4.30. The molecule has 1 aromatic rings. The second-order valence-corrected chi connectivity index (χ2v) is 3.69. The van der Waals surface area contributed by atoms with E-state index in [1.54, 1.807) is 24.3 Å². The number of rotatable bonds is 2. The van der Waals surface area contributed by atoms with Gasteiger partial charge in [-0.05, 0) is 24.6 Å². The van der Waals surface area contributed by atoms with E-state index in [-0.39, 0.29) is 0 Å². The van der Waals surface area contributed by atoms with Crippen LogP contribution in [-0.2, 0) is 10.4 Å². The van der Waals surface area contributed by atoms with Crippen molar-refractivity contribution in [2.45, 2.75) is 12.5 Å². The van der Waals surface area contributed by atoms with E-state index in [9.17, 15) is 9.90 Å². The monoisotopic (exact) mass is 228 g/mol. The zero-order valence-corrected chi connectivity index (χ0v) is 8.21. The maximum absolute atomic E-state index is 10.5. The Bertz CT molecular complexity index is 277. The molecule has 3 heteroatoms. The van der Waals surface area contributed by atoms with Crippen molar-refractivity contribution in [1.82, 2.24) is 0 Å². The van der Waals surface area contributed by atoms with Crippen molar-refractivity contribution in [2.24, 2.45) is 0 Å². The lowest BCUT2D eigenvalue weighted by molar-refractivity contribution is -0.123. The van der Waals surface area contributed by atoms with E-state index in [4.69, 9.17) is 0 Å². The predicted octanol–water partition coefficient (Wildman–Crippen LogP) is 1.86. The molecule has 1 atom stereocenters. The first-order valence-electron chi connectivity index (χ1n) is 3.51. The van der Waals surface area contributed by atoms with E-state index in [2.05, 4.69) is 15.9 Å². The minimum absolute atomic E-state index is 0.524. The van der Waals surface area contributed by atoms with Gasteiger partial charge in [0.2, 0.25) is 0 Å². The Hall–Kier alpha value is -0.670. The Morgan fingerprint density at radius 3 is 2.33 bits per heavy atom. The SMILES string of the molecule is CC(O)(C=O)c1ccc(Br)cc1. The second-order valence-electron chi connectivity index (χ2n) is 2.77. The molecule has 1 N–H and O–H groups in total. The first kappa shape index (κ1) is 9.42. The summed E-state index contributed by atoms with van der Waals surface area (Å²) in [4.78, 5) is 10.5. The van der Waals surface area contributed by atoms with Crippen LogP contribution in [0.25, 0.3) is 0 Å². The van der Waals surface area contributed by atoms with E-state index < -0.39 is 5.60 Å². The molecule has 1 unspecified atom stereocenters. The molecular formula is C9H9BrO2. The second kappa shape index (κ2) is 3.37. The number of hydrogen-bond acceptors (Lipinski definition) is 2. The standard InChI is InChI=1S/C9H9BrO2/c1-9(12,6-11)7-2-4-8(10)5-3-7/h2-6,12H,1H3. The van der Waals surface area contributed by atoms with Crippen LogP contribution >= 0.6 is 15.9 Å². The van der Waals surface area contributed by atoms with Crippen molar-refractivity contribution in [3.05, 3.63) is 34.3 Å². The topological polar surface area (TPSA) is 37.3 Å². The molecule has 0 aromatic heterocycles. The van der Waals surface area contributed by atoms with Crippen LogP contribution in [0.5, 0.6) is 0 Å². The van der Waals surface area contributed by atoms with E-state index in [0.29, 0.717) is 11.8 Å². The van der Waals surface area contributed by atoms with Crippen LogP contribution in [0.3, 0.4) is 0 Å². The maximum atomic E-state index is 10.5. The Balaban J connectivity index is 3.04. The largest absolute Gasteiger partial charge is 0.378 e. The molecule has 0 saturated heterocycles. The van der Waals surface area contributed by atoms with Gasteiger partial charge in [-0.15, -0.1) is 0 Å². The summed E-state index contributed by atoms with van der Waals surface area (Å²) >= 11 is 3.26.